The molecule has 3 heteroatoms. The third-order valence-electron chi connectivity index (χ3n) is 3.83. The molecule has 2 saturated carbocycles. The first-order valence-corrected chi connectivity index (χ1v) is 5.84. The summed E-state index contributed by atoms with van der Waals surface area (Å²) in [6.45, 7) is 1.36. The molecule has 2 aliphatic rings. The van der Waals surface area contributed by atoms with Crippen molar-refractivity contribution in [1.29, 1.82) is 0 Å². The van der Waals surface area contributed by atoms with E-state index in [1.165, 1.54) is 25.7 Å². The fourth-order valence-corrected chi connectivity index (χ4v) is 2.25. The second kappa shape index (κ2) is 4.17. The molecule has 2 fully saturated rings. The van der Waals surface area contributed by atoms with E-state index in [0.29, 0.717) is 18.7 Å². The van der Waals surface area contributed by atoms with Gasteiger partial charge in [-0.1, -0.05) is 0 Å². The smallest absolute Gasteiger partial charge is 0.0499 e. The summed E-state index contributed by atoms with van der Waals surface area (Å²) in [5, 5.41) is 12.7. The van der Waals surface area contributed by atoms with Crippen LogP contribution >= 0.6 is 0 Å². The van der Waals surface area contributed by atoms with Crippen LogP contribution in [0.3, 0.4) is 0 Å². The molecule has 0 spiro atoms. The largest absolute Gasteiger partial charge is 0.396 e. The number of hydrogen-bond acceptors (Lipinski definition) is 3. The minimum Gasteiger partial charge on any atom is -0.396 e. The molecule has 0 aliphatic heterocycles. The summed E-state index contributed by atoms with van der Waals surface area (Å²) in [6.07, 6.45) is 7.13. The lowest BCUT2D eigenvalue weighted by molar-refractivity contribution is 0.198. The molecule has 0 atom stereocenters. The Morgan fingerprint density at radius 2 is 1.86 bits per heavy atom. The van der Waals surface area contributed by atoms with Gasteiger partial charge in [-0.15, -0.1) is 0 Å². The van der Waals surface area contributed by atoms with Gasteiger partial charge in [-0.05, 0) is 38.5 Å². The van der Waals surface area contributed by atoms with E-state index < -0.39 is 0 Å². The summed E-state index contributed by atoms with van der Waals surface area (Å²) in [5.74, 6) is 0. The molecule has 0 aromatic heterocycles. The molecular weight excluding hydrogens is 176 g/mol. The molecule has 82 valence electrons. The van der Waals surface area contributed by atoms with Crippen LogP contribution in [0, 0.1) is 5.41 Å². The molecule has 14 heavy (non-hydrogen) atoms. The second-order valence-corrected chi connectivity index (χ2v) is 5.15. The van der Waals surface area contributed by atoms with Gasteiger partial charge in [-0.25, -0.2) is 0 Å². The number of nitrogens with two attached hydrogens (primary N) is 1. The standard InChI is InChI=1S/C11H22N2O/c12-9-1-3-10(4-2-9)13-7-11(8-14)5-6-11/h9-10,13-14H,1-8,12H2. The van der Waals surface area contributed by atoms with Crippen molar-refractivity contribution in [2.75, 3.05) is 13.2 Å². The van der Waals surface area contributed by atoms with E-state index in [4.69, 9.17) is 10.8 Å². The van der Waals surface area contributed by atoms with Crippen molar-refractivity contribution in [2.24, 2.45) is 11.1 Å². The van der Waals surface area contributed by atoms with Crippen LogP contribution < -0.4 is 11.1 Å². The summed E-state index contributed by atoms with van der Waals surface area (Å²) in [6, 6.07) is 1.08. The molecule has 4 N–H and O–H groups in total. The summed E-state index contributed by atoms with van der Waals surface area (Å²) in [5.41, 5.74) is 6.10. The quantitative estimate of drug-likeness (QED) is 0.620. The van der Waals surface area contributed by atoms with Crippen LogP contribution in [0.1, 0.15) is 38.5 Å². The Morgan fingerprint density at radius 1 is 1.21 bits per heavy atom. The van der Waals surface area contributed by atoms with E-state index in [9.17, 15) is 0 Å². The van der Waals surface area contributed by atoms with Gasteiger partial charge in [-0.2, -0.15) is 0 Å². The number of hydrogen-bond donors (Lipinski definition) is 3. The van der Waals surface area contributed by atoms with Gasteiger partial charge in [0.1, 0.15) is 0 Å². The maximum Gasteiger partial charge on any atom is 0.0499 e. The van der Waals surface area contributed by atoms with Crippen molar-refractivity contribution >= 4 is 0 Å². The van der Waals surface area contributed by atoms with Crippen LogP contribution in [0.5, 0.6) is 0 Å². The predicted octanol–water partition coefficient (Wildman–Crippen LogP) is 0.618. The molecule has 0 amide bonds. The van der Waals surface area contributed by atoms with Crippen molar-refractivity contribution in [2.45, 2.75) is 50.6 Å². The topological polar surface area (TPSA) is 58.3 Å². The third-order valence-corrected chi connectivity index (χ3v) is 3.83. The maximum atomic E-state index is 9.17. The highest BCUT2D eigenvalue weighted by molar-refractivity contribution is 4.95. The first-order chi connectivity index (χ1) is 6.74. The maximum absolute atomic E-state index is 9.17. The Balaban J connectivity index is 1.66. The van der Waals surface area contributed by atoms with Crippen LogP contribution in [-0.2, 0) is 0 Å². The van der Waals surface area contributed by atoms with Gasteiger partial charge in [0.2, 0.25) is 0 Å². The van der Waals surface area contributed by atoms with Crippen molar-refractivity contribution < 1.29 is 5.11 Å². The average molecular weight is 198 g/mol. The molecule has 2 aliphatic carbocycles. The first-order valence-electron chi connectivity index (χ1n) is 5.84. The number of aliphatic hydroxyl groups is 1. The molecule has 0 aromatic rings. The predicted molar refractivity (Wildman–Crippen MR) is 57.0 cm³/mol. The zero-order chi connectivity index (χ0) is 10.0. The highest BCUT2D eigenvalue weighted by Crippen LogP contribution is 2.44. The zero-order valence-electron chi connectivity index (χ0n) is 8.84. The Morgan fingerprint density at radius 3 is 2.36 bits per heavy atom. The lowest BCUT2D eigenvalue weighted by Crippen LogP contribution is -2.40. The number of nitrogens with one attached hydrogen (secondary N) is 1. The Bertz CT molecular complexity index is 184. The third kappa shape index (κ3) is 2.47. The van der Waals surface area contributed by atoms with Crippen molar-refractivity contribution in [3.05, 3.63) is 0 Å². The van der Waals surface area contributed by atoms with Crippen molar-refractivity contribution in [3.8, 4) is 0 Å². The van der Waals surface area contributed by atoms with E-state index in [-0.39, 0.29) is 5.41 Å². The molecular formula is C11H22N2O. The van der Waals surface area contributed by atoms with E-state index in [0.717, 1.165) is 19.4 Å². The van der Waals surface area contributed by atoms with Crippen LogP contribution in [0.15, 0.2) is 0 Å². The SMILES string of the molecule is NC1CCC(NCC2(CO)CC2)CC1. The molecule has 2 rings (SSSR count). The first kappa shape index (κ1) is 10.4. The van der Waals surface area contributed by atoms with Crippen LogP contribution in [-0.4, -0.2) is 30.3 Å². The van der Waals surface area contributed by atoms with Gasteiger partial charge in [0, 0.05) is 30.7 Å². The lowest BCUT2D eigenvalue weighted by atomic mass is 9.91. The summed E-state index contributed by atoms with van der Waals surface area (Å²) in [7, 11) is 0. The summed E-state index contributed by atoms with van der Waals surface area (Å²) >= 11 is 0. The van der Waals surface area contributed by atoms with Crippen molar-refractivity contribution in [3.63, 3.8) is 0 Å². The van der Waals surface area contributed by atoms with E-state index in [2.05, 4.69) is 5.32 Å². The van der Waals surface area contributed by atoms with Crippen LogP contribution in [0.4, 0.5) is 0 Å². The lowest BCUT2D eigenvalue weighted by Gasteiger charge is -2.28. The molecule has 0 unspecified atom stereocenters. The van der Waals surface area contributed by atoms with E-state index in [1.54, 1.807) is 0 Å². The van der Waals surface area contributed by atoms with Gasteiger partial charge < -0.3 is 16.2 Å². The number of rotatable bonds is 4. The molecule has 0 heterocycles. The average Bonchev–Trinajstić information content (AvgIpc) is 2.98. The Labute approximate surface area is 86.1 Å². The Hall–Kier alpha value is -0.120. The van der Waals surface area contributed by atoms with E-state index >= 15 is 0 Å². The summed E-state index contributed by atoms with van der Waals surface area (Å²) < 4.78 is 0. The fraction of sp³-hybridized carbons (Fsp3) is 1.00. The second-order valence-electron chi connectivity index (χ2n) is 5.15. The van der Waals surface area contributed by atoms with Gasteiger partial charge >= 0.3 is 0 Å². The minimum atomic E-state index is 0.250. The Kier molecular flexibility index (Phi) is 3.10. The number of aliphatic hydroxyl groups excluding tert-OH is 1. The fourth-order valence-electron chi connectivity index (χ4n) is 2.25. The molecule has 0 saturated heterocycles. The molecule has 0 radical (unpaired) electrons. The molecule has 0 bridgehead atoms. The molecule has 0 aromatic carbocycles. The van der Waals surface area contributed by atoms with E-state index in [1.807, 2.05) is 0 Å². The van der Waals surface area contributed by atoms with Gasteiger partial charge in [0.25, 0.3) is 0 Å². The van der Waals surface area contributed by atoms with Gasteiger partial charge in [0.05, 0.1) is 0 Å². The minimum absolute atomic E-state index is 0.250. The highest BCUT2D eigenvalue weighted by Gasteiger charge is 2.41. The summed E-state index contributed by atoms with van der Waals surface area (Å²) in [4.78, 5) is 0. The van der Waals surface area contributed by atoms with Gasteiger partial charge in [-0.3, -0.25) is 0 Å². The van der Waals surface area contributed by atoms with Gasteiger partial charge in [0.15, 0.2) is 0 Å². The monoisotopic (exact) mass is 198 g/mol. The van der Waals surface area contributed by atoms with Crippen LogP contribution in [0.2, 0.25) is 0 Å². The molecule has 3 nitrogen and oxygen atoms in total. The van der Waals surface area contributed by atoms with Crippen LogP contribution in [0.25, 0.3) is 0 Å². The van der Waals surface area contributed by atoms with Crippen molar-refractivity contribution in [1.82, 2.24) is 5.32 Å². The highest BCUT2D eigenvalue weighted by atomic mass is 16.3. The zero-order valence-corrected chi connectivity index (χ0v) is 8.84. The normalized spacial score (nSPS) is 35.6.